The van der Waals surface area contributed by atoms with E-state index >= 15 is 0 Å². The molecule has 0 rings (SSSR count). The molecule has 1 nitrogen and oxygen atoms in total. The van der Waals surface area contributed by atoms with Gasteiger partial charge in [0, 0.05) is 11.4 Å². The van der Waals surface area contributed by atoms with Gasteiger partial charge in [0.15, 0.2) is 0 Å². The lowest BCUT2D eigenvalue weighted by molar-refractivity contribution is 0.816. The van der Waals surface area contributed by atoms with Gasteiger partial charge in [-0.05, 0) is 26.0 Å². The van der Waals surface area contributed by atoms with Crippen LogP contribution in [0, 0.1) is 0 Å². The number of nitrogens with zero attached hydrogens (tertiary/aromatic N) is 1. The second-order valence-corrected chi connectivity index (χ2v) is 4.00. The van der Waals surface area contributed by atoms with Gasteiger partial charge in [0.1, 0.15) is 0 Å². The Morgan fingerprint density at radius 1 is 0.875 bits per heavy atom. The average molecular weight is 327 g/mol. The maximum absolute atomic E-state index is 3.96. The summed E-state index contributed by atoms with van der Waals surface area (Å²) < 4.78 is 1.91. The molecule has 0 fully saturated rings. The Morgan fingerprint density at radius 3 is 1.56 bits per heavy atom. The molecule has 2 heteroatoms. The van der Waals surface area contributed by atoms with Gasteiger partial charge in [-0.2, -0.15) is 0 Å². The first kappa shape index (κ1) is 15.0. The monoisotopic (exact) mass is 327 g/mol. The fraction of sp³-hybridized carbons (Fsp3) is 0.143. The van der Waals surface area contributed by atoms with Crippen LogP contribution in [0.5, 0.6) is 0 Å². The van der Waals surface area contributed by atoms with E-state index < -0.39 is 0 Å². The molecule has 0 spiro atoms. The second kappa shape index (κ2) is 9.21. The molecule has 0 radical (unpaired) electrons. The lowest BCUT2D eigenvalue weighted by Gasteiger charge is -2.16. The van der Waals surface area contributed by atoms with E-state index in [-0.39, 0.29) is 0 Å². The minimum Gasteiger partial charge on any atom is -0.284 e. The van der Waals surface area contributed by atoms with Crippen LogP contribution in [0.4, 0.5) is 0 Å². The molecule has 0 heterocycles. The molecule has 0 unspecified atom stereocenters. The molecule has 0 bridgehead atoms. The lowest BCUT2D eigenvalue weighted by Crippen LogP contribution is -2.04. The van der Waals surface area contributed by atoms with Gasteiger partial charge >= 0.3 is 0 Å². The smallest absolute Gasteiger partial charge is 0.0645 e. The van der Waals surface area contributed by atoms with E-state index in [4.69, 9.17) is 0 Å². The fourth-order valence-corrected chi connectivity index (χ4v) is 1.19. The first-order valence-corrected chi connectivity index (χ1v) is 6.02. The summed E-state index contributed by atoms with van der Waals surface area (Å²) in [7, 11) is 0. The molecule has 86 valence electrons. The minimum absolute atomic E-state index is 0.897. The quantitative estimate of drug-likeness (QED) is 0.380. The Hall–Kier alpha value is -1.03. The highest BCUT2D eigenvalue weighted by atomic mass is 127. The van der Waals surface area contributed by atoms with Gasteiger partial charge in [0.05, 0.1) is 22.9 Å². The number of hydrogen-bond acceptors (Lipinski definition) is 1. The number of halogens is 1. The van der Waals surface area contributed by atoms with Crippen molar-refractivity contribution in [3.05, 3.63) is 73.2 Å². The van der Waals surface area contributed by atoms with Gasteiger partial charge in [0.25, 0.3) is 0 Å². The Morgan fingerprint density at radius 2 is 1.25 bits per heavy atom. The molecular formula is C14H18IN. The molecular weight excluding hydrogens is 309 g/mol. The van der Waals surface area contributed by atoms with Crippen LogP contribution in [0.3, 0.4) is 0 Å². The largest absolute Gasteiger partial charge is 0.284 e. The predicted octanol–water partition coefficient (Wildman–Crippen LogP) is 4.93. The minimum atomic E-state index is 0.897. The fourth-order valence-electron chi connectivity index (χ4n) is 0.871. The summed E-state index contributed by atoms with van der Waals surface area (Å²) in [5, 5.41) is 0. The van der Waals surface area contributed by atoms with Crippen LogP contribution in [0.2, 0.25) is 0 Å². The van der Waals surface area contributed by atoms with E-state index in [2.05, 4.69) is 36.0 Å². The average Bonchev–Trinajstić information content (AvgIpc) is 2.28. The van der Waals surface area contributed by atoms with Crippen LogP contribution in [-0.2, 0) is 0 Å². The van der Waals surface area contributed by atoms with E-state index in [0.29, 0.717) is 0 Å². The van der Waals surface area contributed by atoms with Crippen molar-refractivity contribution in [1.82, 2.24) is 3.11 Å². The molecule has 0 amide bonds. The zero-order chi connectivity index (χ0) is 12.4. The zero-order valence-corrected chi connectivity index (χ0v) is 12.0. The van der Waals surface area contributed by atoms with Crippen LogP contribution in [-0.4, -0.2) is 3.11 Å². The van der Waals surface area contributed by atoms with Crippen molar-refractivity contribution in [2.24, 2.45) is 0 Å². The Kier molecular flexibility index (Phi) is 8.62. The Labute approximate surface area is 113 Å². The van der Waals surface area contributed by atoms with Crippen LogP contribution in [0.1, 0.15) is 13.8 Å². The zero-order valence-electron chi connectivity index (χ0n) is 9.86. The van der Waals surface area contributed by atoms with Crippen molar-refractivity contribution in [2.75, 3.05) is 0 Å². The third-order valence-electron chi connectivity index (χ3n) is 1.69. The highest BCUT2D eigenvalue weighted by Crippen LogP contribution is 2.18. The summed E-state index contributed by atoms with van der Waals surface area (Å²) in [6.07, 6.45) is 15.7. The predicted molar refractivity (Wildman–Crippen MR) is 82.0 cm³/mol. The van der Waals surface area contributed by atoms with Gasteiger partial charge in [-0.25, -0.2) is 0 Å². The summed E-state index contributed by atoms with van der Waals surface area (Å²) in [5.41, 5.74) is 1.79. The topological polar surface area (TPSA) is 3.24 Å². The van der Waals surface area contributed by atoms with Crippen LogP contribution in [0.15, 0.2) is 73.2 Å². The Balaban J connectivity index is 4.38. The molecule has 0 aromatic rings. The maximum atomic E-state index is 3.96. The maximum Gasteiger partial charge on any atom is 0.0645 e. The van der Waals surface area contributed by atoms with Crippen molar-refractivity contribution >= 4 is 22.9 Å². The Bertz CT molecular complexity index is 312. The number of allylic oxidation sites excluding steroid dienone is 8. The third-order valence-corrected chi connectivity index (χ3v) is 2.93. The molecule has 0 atom stereocenters. The van der Waals surface area contributed by atoms with Gasteiger partial charge in [-0.15, -0.1) is 0 Å². The van der Waals surface area contributed by atoms with Crippen LogP contribution < -0.4 is 0 Å². The lowest BCUT2D eigenvalue weighted by atomic mass is 10.3. The molecule has 0 aromatic heterocycles. The summed E-state index contributed by atoms with van der Waals surface area (Å²) in [5.74, 6) is 0. The summed E-state index contributed by atoms with van der Waals surface area (Å²) in [4.78, 5) is 0. The normalized spacial score (nSPS) is 12.2. The first-order chi connectivity index (χ1) is 7.63. The molecule has 16 heavy (non-hydrogen) atoms. The van der Waals surface area contributed by atoms with E-state index in [9.17, 15) is 0 Å². The standard InChI is InChI=1S/C14H18IN/c1-5-7-9-11-13(3)16(15)14(4)12-10-8-6-2/h5-12H,3-4H2,1-2H3/b7-5-,8-6-,11-9-,12-10-. The van der Waals surface area contributed by atoms with Crippen LogP contribution >= 0.6 is 22.9 Å². The van der Waals surface area contributed by atoms with Crippen molar-refractivity contribution in [3.8, 4) is 0 Å². The molecule has 0 aliphatic heterocycles. The highest BCUT2D eigenvalue weighted by molar-refractivity contribution is 14.1. The van der Waals surface area contributed by atoms with Crippen molar-refractivity contribution in [3.63, 3.8) is 0 Å². The molecule has 0 aliphatic rings. The van der Waals surface area contributed by atoms with E-state index in [1.165, 1.54) is 0 Å². The number of hydrogen-bond donors (Lipinski definition) is 0. The molecule has 0 aromatic carbocycles. The van der Waals surface area contributed by atoms with E-state index in [1.807, 2.05) is 65.6 Å². The molecule has 0 aliphatic carbocycles. The second-order valence-electron chi connectivity index (χ2n) is 3.03. The van der Waals surface area contributed by atoms with Gasteiger partial charge in [-0.1, -0.05) is 49.6 Å². The first-order valence-electron chi connectivity index (χ1n) is 5.06. The third kappa shape index (κ3) is 6.45. The summed E-state index contributed by atoms with van der Waals surface area (Å²) in [6.45, 7) is 11.9. The van der Waals surface area contributed by atoms with Gasteiger partial charge < -0.3 is 0 Å². The summed E-state index contributed by atoms with van der Waals surface area (Å²) in [6, 6.07) is 0. The number of rotatable bonds is 6. The van der Waals surface area contributed by atoms with Gasteiger partial charge in [0.2, 0.25) is 0 Å². The van der Waals surface area contributed by atoms with Crippen molar-refractivity contribution < 1.29 is 0 Å². The molecule has 0 saturated carbocycles. The van der Waals surface area contributed by atoms with Gasteiger partial charge in [-0.3, -0.25) is 3.11 Å². The van der Waals surface area contributed by atoms with Crippen molar-refractivity contribution in [1.29, 1.82) is 0 Å². The van der Waals surface area contributed by atoms with Crippen molar-refractivity contribution in [2.45, 2.75) is 13.8 Å². The SMILES string of the molecule is C=C(/C=C\C=C/C)N(I)C(=C)/C=C\C=C/C. The molecule has 0 N–H and O–H groups in total. The molecule has 0 saturated heterocycles. The highest BCUT2D eigenvalue weighted by Gasteiger charge is 2.01. The van der Waals surface area contributed by atoms with E-state index in [0.717, 1.165) is 11.4 Å². The van der Waals surface area contributed by atoms with Crippen LogP contribution in [0.25, 0.3) is 0 Å². The van der Waals surface area contributed by atoms with E-state index in [1.54, 1.807) is 0 Å². The summed E-state index contributed by atoms with van der Waals surface area (Å²) >= 11 is 2.18.